The van der Waals surface area contributed by atoms with Crippen molar-refractivity contribution in [3.8, 4) is 0 Å². The van der Waals surface area contributed by atoms with Crippen molar-refractivity contribution in [3.05, 3.63) is 158 Å². The number of rotatable bonds is 77. The molecule has 0 aromatic carbocycles. The first-order valence-corrected chi connectivity index (χ1v) is 43.7. The molecule has 2 atom stereocenters. The quantitative estimate of drug-likeness (QED) is 0.0211. The molecule has 0 aliphatic carbocycles. The molecule has 1 N–H and O–H groups in total. The second kappa shape index (κ2) is 80.7. The van der Waals surface area contributed by atoms with Gasteiger partial charge in [-0.3, -0.25) is 18.6 Å². The summed E-state index contributed by atoms with van der Waals surface area (Å²) in [4.78, 5) is 36.0. The van der Waals surface area contributed by atoms with Gasteiger partial charge in [0.2, 0.25) is 0 Å². The van der Waals surface area contributed by atoms with Gasteiger partial charge < -0.3 is 18.9 Å². The van der Waals surface area contributed by atoms with Crippen molar-refractivity contribution in [1.29, 1.82) is 0 Å². The minimum atomic E-state index is -4.41. The van der Waals surface area contributed by atoms with E-state index < -0.39 is 26.5 Å². The molecule has 0 radical (unpaired) electrons. The predicted molar refractivity (Wildman–Crippen MR) is 445 cm³/mol. The maximum atomic E-state index is 12.9. The Morgan fingerprint density at radius 1 is 0.314 bits per heavy atom. The summed E-state index contributed by atoms with van der Waals surface area (Å²) in [5.74, 6) is -0.805. The fraction of sp³-hybridized carbons (Fsp3) is 0.696. The summed E-state index contributed by atoms with van der Waals surface area (Å²) in [5.41, 5.74) is 0. The van der Waals surface area contributed by atoms with Gasteiger partial charge in [-0.25, -0.2) is 4.57 Å². The molecule has 0 fully saturated rings. The number of carbonyl (C=O) groups excluding carboxylic acids is 2. The Bertz CT molecular complexity index is 2290. The highest BCUT2D eigenvalue weighted by atomic mass is 31.2. The zero-order valence-electron chi connectivity index (χ0n) is 66.8. The Kier molecular flexibility index (Phi) is 77.3. The minimum absolute atomic E-state index is 0.0238. The molecule has 0 aromatic rings. The number of likely N-dealkylation sites (N-methyl/N-ethyl adjacent to an activating group) is 1. The number of esters is 2. The molecule has 584 valence electrons. The second-order valence-corrected chi connectivity index (χ2v) is 30.6. The van der Waals surface area contributed by atoms with Gasteiger partial charge in [0.15, 0.2) is 6.10 Å². The number of hydrogen-bond donors (Lipinski definition) is 1. The first-order valence-electron chi connectivity index (χ1n) is 42.2. The lowest BCUT2D eigenvalue weighted by atomic mass is 10.0. The maximum absolute atomic E-state index is 12.9. The normalized spacial score (nSPS) is 13.8. The number of nitrogens with zero attached hydrogens (tertiary/aromatic N) is 1. The van der Waals surface area contributed by atoms with Crippen LogP contribution in [0.5, 0.6) is 0 Å². The Labute approximate surface area is 630 Å². The van der Waals surface area contributed by atoms with E-state index >= 15 is 0 Å². The van der Waals surface area contributed by atoms with Gasteiger partial charge in [0.05, 0.1) is 27.7 Å². The Balaban J connectivity index is 4.02. The molecule has 0 amide bonds. The monoisotopic (exact) mass is 1440 g/mol. The largest absolute Gasteiger partial charge is 0.472 e. The summed E-state index contributed by atoms with van der Waals surface area (Å²) in [6.45, 7) is 4.32. The van der Waals surface area contributed by atoms with Crippen molar-refractivity contribution >= 4 is 19.8 Å². The molecule has 102 heavy (non-hydrogen) atoms. The van der Waals surface area contributed by atoms with Crippen LogP contribution in [0, 0.1) is 0 Å². The first-order chi connectivity index (χ1) is 50.0. The molecule has 0 rings (SSSR count). The number of hydrogen-bond acceptors (Lipinski definition) is 7. The lowest BCUT2D eigenvalue weighted by Gasteiger charge is -2.24. The van der Waals surface area contributed by atoms with E-state index in [-0.39, 0.29) is 32.0 Å². The van der Waals surface area contributed by atoms with Gasteiger partial charge in [-0.15, -0.1) is 0 Å². The molecule has 9 nitrogen and oxygen atoms in total. The number of unbranched alkanes of at least 4 members (excludes halogenated alkanes) is 37. The third kappa shape index (κ3) is 84.6. The summed E-state index contributed by atoms with van der Waals surface area (Å²) < 4.78 is 34.8. The van der Waals surface area contributed by atoms with Crippen LogP contribution in [0.3, 0.4) is 0 Å². The average Bonchev–Trinajstić information content (AvgIpc) is 0.916. The van der Waals surface area contributed by atoms with Crippen LogP contribution in [0.1, 0.15) is 361 Å². The molecule has 0 aliphatic heterocycles. The SMILES string of the molecule is CC/C=C\C/C=C\C/C=C\C/C=C\C/C=C\C/C=C\C/C=C\C/C=C\C/C=C\C/C=C\C/C=C\CCCCCCCCCC(=O)OC(COC(=O)CCCCCCCCCCCCCCCCCCCCCCCCCCC/C=C\C/C=C\CCCCCCC)COP(=O)(O)OCC[N+](C)(C)C. The lowest BCUT2D eigenvalue weighted by molar-refractivity contribution is -0.870. The van der Waals surface area contributed by atoms with E-state index in [4.69, 9.17) is 18.5 Å². The highest BCUT2D eigenvalue weighted by Crippen LogP contribution is 2.43. The number of ether oxygens (including phenoxy) is 2. The first kappa shape index (κ1) is 97.6. The molecule has 0 aromatic heterocycles. The lowest BCUT2D eigenvalue weighted by Crippen LogP contribution is -2.37. The van der Waals surface area contributed by atoms with Gasteiger partial charge in [-0.05, 0) is 128 Å². The molecule has 0 heterocycles. The molecular formula is C92H159NO8P+. The molecule has 0 aliphatic rings. The van der Waals surface area contributed by atoms with Crippen LogP contribution in [-0.2, 0) is 32.7 Å². The van der Waals surface area contributed by atoms with Crippen LogP contribution >= 0.6 is 7.82 Å². The summed E-state index contributed by atoms with van der Waals surface area (Å²) in [7, 11) is 1.46. The number of quaternary nitrogens is 1. The molecule has 10 heteroatoms. The Morgan fingerprint density at radius 3 is 0.833 bits per heavy atom. The summed E-state index contributed by atoms with van der Waals surface area (Å²) in [6, 6.07) is 0. The van der Waals surface area contributed by atoms with Crippen LogP contribution in [-0.4, -0.2) is 74.9 Å². The maximum Gasteiger partial charge on any atom is 0.472 e. The summed E-state index contributed by atoms with van der Waals surface area (Å²) in [6.07, 6.45) is 121. The fourth-order valence-corrected chi connectivity index (χ4v) is 12.4. The van der Waals surface area contributed by atoms with E-state index in [9.17, 15) is 19.0 Å². The molecular weight excluding hydrogens is 1280 g/mol. The summed E-state index contributed by atoms with van der Waals surface area (Å²) in [5, 5.41) is 0. The smallest absolute Gasteiger partial charge is 0.462 e. The standard InChI is InChI=1S/C92H158NO8P/c1-6-8-10-12-14-16-18-20-22-24-26-28-30-32-34-36-38-40-42-44-45-46-47-49-51-53-55-57-59-61-63-65-67-69-71-73-75-77-79-81-83-85-92(95)101-90(89-100-102(96,97)99-87-86-93(3,4)5)88-98-91(94)84-82-80-78-76-74-72-70-68-66-64-62-60-58-56-54-52-50-48-43-41-39-37-35-33-31-29-27-25-23-21-19-17-15-13-11-9-7-2/h8,10,14,16,19-22,25-28,32,34,38,40,44-45,47,49,53,55,59,61,65,67,90H,6-7,9,11-13,15,17-18,23-24,29-31,33,35-37,39,41-43,46,48,50-52,54,56-58,60,62-64,66,68-89H2,1-5H3/p+1/b10-8-,16-14-,21-19-,22-20-,27-25-,28-26-,34-32-,40-38-,45-44-,49-47-,55-53-,61-59-,67-65-. The van der Waals surface area contributed by atoms with Crippen LogP contribution < -0.4 is 0 Å². The number of phosphoric acid groups is 1. The van der Waals surface area contributed by atoms with E-state index in [1.54, 1.807) is 0 Å². The van der Waals surface area contributed by atoms with Gasteiger partial charge in [0.25, 0.3) is 0 Å². The molecule has 0 saturated carbocycles. The van der Waals surface area contributed by atoms with E-state index in [0.717, 1.165) is 122 Å². The highest BCUT2D eigenvalue weighted by Gasteiger charge is 2.27. The second-order valence-electron chi connectivity index (χ2n) is 29.1. The van der Waals surface area contributed by atoms with E-state index in [0.29, 0.717) is 17.4 Å². The topological polar surface area (TPSA) is 108 Å². The van der Waals surface area contributed by atoms with Crippen LogP contribution in [0.4, 0.5) is 0 Å². The number of carbonyl (C=O) groups is 2. The van der Waals surface area contributed by atoms with Gasteiger partial charge in [-0.1, -0.05) is 377 Å². The van der Waals surface area contributed by atoms with Gasteiger partial charge in [0.1, 0.15) is 19.8 Å². The van der Waals surface area contributed by atoms with E-state index in [1.165, 1.54) is 205 Å². The van der Waals surface area contributed by atoms with E-state index in [1.807, 2.05) is 21.1 Å². The molecule has 0 spiro atoms. The molecule has 0 saturated heterocycles. The average molecular weight is 1440 g/mol. The van der Waals surface area contributed by atoms with Crippen LogP contribution in [0.15, 0.2) is 158 Å². The summed E-state index contributed by atoms with van der Waals surface area (Å²) >= 11 is 0. The third-order valence-corrected chi connectivity index (χ3v) is 19.0. The highest BCUT2D eigenvalue weighted by molar-refractivity contribution is 7.47. The van der Waals surface area contributed by atoms with Crippen molar-refractivity contribution in [2.75, 3.05) is 47.5 Å². The van der Waals surface area contributed by atoms with Crippen molar-refractivity contribution < 1.29 is 42.1 Å². The van der Waals surface area contributed by atoms with Gasteiger partial charge in [0, 0.05) is 12.8 Å². The number of phosphoric ester groups is 1. The van der Waals surface area contributed by atoms with E-state index in [2.05, 4.69) is 172 Å². The van der Waals surface area contributed by atoms with Gasteiger partial charge >= 0.3 is 19.8 Å². The predicted octanol–water partition coefficient (Wildman–Crippen LogP) is 28.6. The van der Waals surface area contributed by atoms with Gasteiger partial charge in [-0.2, -0.15) is 0 Å². The van der Waals surface area contributed by atoms with Crippen molar-refractivity contribution in [3.63, 3.8) is 0 Å². The molecule has 0 bridgehead atoms. The Hall–Kier alpha value is -4.37. The number of allylic oxidation sites excluding steroid dienone is 26. The van der Waals surface area contributed by atoms with Crippen LogP contribution in [0.2, 0.25) is 0 Å². The Morgan fingerprint density at radius 2 is 0.559 bits per heavy atom. The van der Waals surface area contributed by atoms with Crippen molar-refractivity contribution in [2.45, 2.75) is 367 Å². The minimum Gasteiger partial charge on any atom is -0.462 e. The molecule has 2 unspecified atom stereocenters. The van der Waals surface area contributed by atoms with Crippen molar-refractivity contribution in [1.82, 2.24) is 0 Å². The third-order valence-electron chi connectivity index (χ3n) is 18.0. The zero-order chi connectivity index (χ0) is 74.0. The van der Waals surface area contributed by atoms with Crippen LogP contribution in [0.25, 0.3) is 0 Å². The zero-order valence-corrected chi connectivity index (χ0v) is 67.7. The van der Waals surface area contributed by atoms with Crippen molar-refractivity contribution in [2.24, 2.45) is 0 Å². The fourth-order valence-electron chi connectivity index (χ4n) is 11.6.